The van der Waals surface area contributed by atoms with Crippen molar-refractivity contribution in [2.24, 2.45) is 5.92 Å². The molecule has 1 fully saturated rings. The normalized spacial score (nSPS) is 20.8. The summed E-state index contributed by atoms with van der Waals surface area (Å²) in [6, 6.07) is 0. The summed E-state index contributed by atoms with van der Waals surface area (Å²) < 4.78 is 0. The average Bonchev–Trinajstić information content (AvgIpc) is 2.68. The molecule has 0 radical (unpaired) electrons. The molecule has 5 nitrogen and oxygen atoms in total. The lowest BCUT2D eigenvalue weighted by atomic mass is 9.97. The number of hydrogen-bond donors (Lipinski definition) is 2. The third-order valence-electron chi connectivity index (χ3n) is 5.73. The molecule has 1 atom stereocenters. The maximum atomic E-state index is 12.4. The van der Waals surface area contributed by atoms with Gasteiger partial charge < -0.3 is 10.6 Å². The summed E-state index contributed by atoms with van der Waals surface area (Å²) in [5, 5.41) is 6.14. The lowest BCUT2D eigenvalue weighted by molar-refractivity contribution is -0.128. The van der Waals surface area contributed by atoms with E-state index in [-0.39, 0.29) is 17.7 Å². The second kappa shape index (κ2) is 12.9. The topological polar surface area (TPSA) is 61.4 Å². The van der Waals surface area contributed by atoms with Gasteiger partial charge in [-0.25, -0.2) is 0 Å². The van der Waals surface area contributed by atoms with Crippen LogP contribution in [0.3, 0.4) is 0 Å². The standard InChI is InChI=1S/C22H39N3O2/c1-2-3-4-8-14-24-22(27)20-12-9-16-25(17-20)18-21(26)23-15-13-19-10-6-5-7-11-19/h10,20H,2-9,11-18H2,1H3,(H,23,26)(H,24,27). The molecule has 0 aromatic heterocycles. The van der Waals surface area contributed by atoms with Crippen LogP contribution < -0.4 is 10.6 Å². The van der Waals surface area contributed by atoms with E-state index < -0.39 is 0 Å². The van der Waals surface area contributed by atoms with Crippen LogP contribution in [0.25, 0.3) is 0 Å². The Labute approximate surface area is 165 Å². The number of piperidine rings is 1. The molecule has 1 heterocycles. The van der Waals surface area contributed by atoms with Crippen molar-refractivity contribution >= 4 is 11.8 Å². The summed E-state index contributed by atoms with van der Waals surface area (Å²) in [4.78, 5) is 26.7. The molecule has 2 N–H and O–H groups in total. The van der Waals surface area contributed by atoms with E-state index in [0.717, 1.165) is 45.3 Å². The molecule has 0 spiro atoms. The molecular weight excluding hydrogens is 338 g/mol. The first kappa shape index (κ1) is 21.9. The van der Waals surface area contributed by atoms with Crippen LogP contribution in [0.1, 0.15) is 77.6 Å². The van der Waals surface area contributed by atoms with E-state index in [1.165, 1.54) is 50.5 Å². The number of carbonyl (C=O) groups is 2. The fourth-order valence-electron chi connectivity index (χ4n) is 4.07. The molecule has 1 aliphatic carbocycles. The van der Waals surface area contributed by atoms with Gasteiger partial charge in [0, 0.05) is 19.6 Å². The van der Waals surface area contributed by atoms with Gasteiger partial charge in [0.2, 0.25) is 11.8 Å². The number of unbranched alkanes of at least 4 members (excludes halogenated alkanes) is 3. The predicted molar refractivity (Wildman–Crippen MR) is 110 cm³/mol. The van der Waals surface area contributed by atoms with E-state index in [2.05, 4.69) is 28.5 Å². The minimum Gasteiger partial charge on any atom is -0.356 e. The van der Waals surface area contributed by atoms with Crippen molar-refractivity contribution in [1.82, 2.24) is 15.5 Å². The highest BCUT2D eigenvalue weighted by atomic mass is 16.2. The fraction of sp³-hybridized carbons (Fsp3) is 0.818. The van der Waals surface area contributed by atoms with Gasteiger partial charge >= 0.3 is 0 Å². The Hall–Kier alpha value is -1.36. The molecule has 1 saturated heterocycles. The van der Waals surface area contributed by atoms with E-state index in [9.17, 15) is 9.59 Å². The van der Waals surface area contributed by atoms with Crippen LogP contribution in [0.2, 0.25) is 0 Å². The third kappa shape index (κ3) is 8.91. The Morgan fingerprint density at radius 2 is 2.00 bits per heavy atom. The molecule has 154 valence electrons. The van der Waals surface area contributed by atoms with Crippen LogP contribution in [0.15, 0.2) is 11.6 Å². The van der Waals surface area contributed by atoms with Crippen LogP contribution in [0.4, 0.5) is 0 Å². The number of hydrogen-bond acceptors (Lipinski definition) is 3. The Bertz CT molecular complexity index is 490. The van der Waals surface area contributed by atoms with E-state index in [0.29, 0.717) is 13.1 Å². The van der Waals surface area contributed by atoms with Gasteiger partial charge in [0.1, 0.15) is 0 Å². The quantitative estimate of drug-likeness (QED) is 0.428. The molecule has 0 aromatic carbocycles. The average molecular weight is 378 g/mol. The minimum atomic E-state index is 0.0325. The fourth-order valence-corrected chi connectivity index (χ4v) is 4.07. The minimum absolute atomic E-state index is 0.0325. The van der Waals surface area contributed by atoms with E-state index in [1.807, 2.05) is 0 Å². The summed E-state index contributed by atoms with van der Waals surface area (Å²) in [5.41, 5.74) is 1.50. The van der Waals surface area contributed by atoms with Gasteiger partial charge in [0.15, 0.2) is 0 Å². The zero-order valence-electron chi connectivity index (χ0n) is 17.2. The third-order valence-corrected chi connectivity index (χ3v) is 5.73. The number of carbonyl (C=O) groups excluding carboxylic acids is 2. The number of likely N-dealkylation sites (tertiary alicyclic amines) is 1. The van der Waals surface area contributed by atoms with Crippen molar-refractivity contribution in [2.45, 2.75) is 77.6 Å². The van der Waals surface area contributed by atoms with Crippen molar-refractivity contribution in [3.05, 3.63) is 11.6 Å². The van der Waals surface area contributed by atoms with Crippen molar-refractivity contribution in [2.75, 3.05) is 32.7 Å². The first-order chi connectivity index (χ1) is 13.2. The lowest BCUT2D eigenvalue weighted by Gasteiger charge is -2.31. The summed E-state index contributed by atoms with van der Waals surface area (Å²) in [7, 11) is 0. The predicted octanol–water partition coefficient (Wildman–Crippen LogP) is 3.40. The van der Waals surface area contributed by atoms with Gasteiger partial charge in [-0.3, -0.25) is 14.5 Å². The van der Waals surface area contributed by atoms with Crippen molar-refractivity contribution in [1.29, 1.82) is 0 Å². The molecule has 0 saturated carbocycles. The van der Waals surface area contributed by atoms with E-state index >= 15 is 0 Å². The second-order valence-corrected chi connectivity index (χ2v) is 8.13. The highest BCUT2D eigenvalue weighted by Crippen LogP contribution is 2.19. The lowest BCUT2D eigenvalue weighted by Crippen LogP contribution is -2.46. The van der Waals surface area contributed by atoms with Crippen LogP contribution in [-0.2, 0) is 9.59 Å². The van der Waals surface area contributed by atoms with Crippen molar-refractivity contribution < 1.29 is 9.59 Å². The Morgan fingerprint density at radius 3 is 2.78 bits per heavy atom. The van der Waals surface area contributed by atoms with Gasteiger partial charge in [-0.05, 0) is 57.9 Å². The van der Waals surface area contributed by atoms with Crippen LogP contribution in [-0.4, -0.2) is 49.4 Å². The van der Waals surface area contributed by atoms with Crippen LogP contribution in [0, 0.1) is 5.92 Å². The zero-order chi connectivity index (χ0) is 19.3. The summed E-state index contributed by atoms with van der Waals surface area (Å²) in [5.74, 6) is 0.290. The molecule has 0 aromatic rings. The largest absolute Gasteiger partial charge is 0.356 e. The van der Waals surface area contributed by atoms with Gasteiger partial charge in [0.05, 0.1) is 12.5 Å². The number of amides is 2. The maximum absolute atomic E-state index is 12.4. The van der Waals surface area contributed by atoms with Crippen LogP contribution in [0.5, 0.6) is 0 Å². The Morgan fingerprint density at radius 1 is 1.11 bits per heavy atom. The highest BCUT2D eigenvalue weighted by molar-refractivity contribution is 5.80. The highest BCUT2D eigenvalue weighted by Gasteiger charge is 2.26. The number of nitrogens with one attached hydrogen (secondary N) is 2. The first-order valence-electron chi connectivity index (χ1n) is 11.1. The molecule has 1 unspecified atom stereocenters. The Balaban J connectivity index is 1.60. The smallest absolute Gasteiger partial charge is 0.234 e. The van der Waals surface area contributed by atoms with E-state index in [4.69, 9.17) is 0 Å². The molecule has 5 heteroatoms. The number of nitrogens with zero attached hydrogens (tertiary/aromatic N) is 1. The van der Waals surface area contributed by atoms with Crippen molar-refractivity contribution in [3.63, 3.8) is 0 Å². The second-order valence-electron chi connectivity index (χ2n) is 8.13. The summed E-state index contributed by atoms with van der Waals surface area (Å²) in [6.45, 7) is 5.75. The zero-order valence-corrected chi connectivity index (χ0v) is 17.2. The molecule has 2 amide bonds. The monoisotopic (exact) mass is 377 g/mol. The Kier molecular flexibility index (Phi) is 10.5. The number of allylic oxidation sites excluding steroid dienone is 1. The molecular formula is C22H39N3O2. The van der Waals surface area contributed by atoms with Gasteiger partial charge in [-0.1, -0.05) is 37.8 Å². The summed E-state index contributed by atoms with van der Waals surface area (Å²) in [6.07, 6.45) is 14.9. The van der Waals surface area contributed by atoms with Crippen molar-refractivity contribution in [3.8, 4) is 0 Å². The summed E-state index contributed by atoms with van der Waals surface area (Å²) >= 11 is 0. The van der Waals surface area contributed by atoms with E-state index in [1.54, 1.807) is 0 Å². The molecule has 2 rings (SSSR count). The first-order valence-corrected chi connectivity index (χ1v) is 11.1. The SMILES string of the molecule is CCCCCCNC(=O)C1CCCN(CC(=O)NCCC2=CCCCC2)C1. The van der Waals surface area contributed by atoms with Gasteiger partial charge in [-0.2, -0.15) is 0 Å². The van der Waals surface area contributed by atoms with Gasteiger partial charge in [-0.15, -0.1) is 0 Å². The van der Waals surface area contributed by atoms with Crippen LogP contribution >= 0.6 is 0 Å². The van der Waals surface area contributed by atoms with Gasteiger partial charge in [0.25, 0.3) is 0 Å². The molecule has 2 aliphatic rings. The maximum Gasteiger partial charge on any atom is 0.234 e. The molecule has 0 bridgehead atoms. The molecule has 1 aliphatic heterocycles. The molecule has 27 heavy (non-hydrogen) atoms. The number of rotatable bonds is 11.